The van der Waals surface area contributed by atoms with Crippen LogP contribution in [0, 0.1) is 11.6 Å². The lowest BCUT2D eigenvalue weighted by Crippen LogP contribution is -2.29. The minimum absolute atomic E-state index is 0.251. The Morgan fingerprint density at radius 1 is 1.25 bits per heavy atom. The summed E-state index contributed by atoms with van der Waals surface area (Å²) in [6.07, 6.45) is 0.594. The highest BCUT2D eigenvalue weighted by Crippen LogP contribution is 2.22. The molecule has 1 rings (SSSR count). The number of hydrogen-bond donors (Lipinski definition) is 1. The molecule has 0 aliphatic heterocycles. The van der Waals surface area contributed by atoms with Crippen LogP contribution in [0.15, 0.2) is 17.0 Å². The molecule has 0 radical (unpaired) electrons. The van der Waals surface area contributed by atoms with Crippen LogP contribution in [0.2, 0.25) is 0 Å². The van der Waals surface area contributed by atoms with Gasteiger partial charge in [0.2, 0.25) is 10.0 Å². The molecule has 20 heavy (non-hydrogen) atoms. The average molecular weight is 306 g/mol. The molecule has 0 aliphatic rings. The Morgan fingerprint density at radius 3 is 2.45 bits per heavy atom. The molecule has 0 spiro atoms. The van der Waals surface area contributed by atoms with E-state index in [4.69, 9.17) is 0 Å². The molecule has 0 saturated heterocycles. The number of nitrogens with zero attached hydrogens (tertiary/aromatic N) is 1. The highest BCUT2D eigenvalue weighted by molar-refractivity contribution is 7.89. The number of benzene rings is 1. The van der Waals surface area contributed by atoms with Crippen molar-refractivity contribution in [2.75, 3.05) is 20.1 Å². The maximum absolute atomic E-state index is 13.8. The number of hydrogen-bond acceptors (Lipinski definition) is 3. The Labute approximate surface area is 118 Å². The van der Waals surface area contributed by atoms with Crippen LogP contribution in [-0.4, -0.2) is 32.9 Å². The van der Waals surface area contributed by atoms with E-state index in [1.807, 2.05) is 13.8 Å². The Kier molecular flexibility index (Phi) is 6.04. The Bertz CT molecular complexity index is 562. The molecule has 4 nitrogen and oxygen atoms in total. The molecule has 0 unspecified atom stereocenters. The lowest BCUT2D eigenvalue weighted by molar-refractivity contribution is 0.448. The molecule has 0 aromatic heterocycles. The van der Waals surface area contributed by atoms with Crippen LogP contribution in [0.4, 0.5) is 8.78 Å². The summed E-state index contributed by atoms with van der Waals surface area (Å²) >= 11 is 0. The van der Waals surface area contributed by atoms with Gasteiger partial charge in [0.1, 0.15) is 4.90 Å². The second-order valence-electron chi connectivity index (χ2n) is 4.50. The molecule has 1 aromatic carbocycles. The third-order valence-electron chi connectivity index (χ3n) is 2.86. The molecule has 7 heteroatoms. The van der Waals surface area contributed by atoms with Crippen molar-refractivity contribution in [2.45, 2.75) is 31.7 Å². The molecule has 0 bridgehead atoms. The van der Waals surface area contributed by atoms with Crippen LogP contribution in [0.3, 0.4) is 0 Å². The van der Waals surface area contributed by atoms with Crippen molar-refractivity contribution in [3.63, 3.8) is 0 Å². The monoisotopic (exact) mass is 306 g/mol. The van der Waals surface area contributed by atoms with Gasteiger partial charge in [0.05, 0.1) is 0 Å². The predicted molar refractivity (Wildman–Crippen MR) is 73.8 cm³/mol. The van der Waals surface area contributed by atoms with Crippen molar-refractivity contribution < 1.29 is 17.2 Å². The largest absolute Gasteiger partial charge is 0.313 e. The molecule has 0 amide bonds. The topological polar surface area (TPSA) is 49.4 Å². The summed E-state index contributed by atoms with van der Waals surface area (Å²) in [5.74, 6) is -2.47. The normalized spacial score (nSPS) is 12.1. The highest BCUT2D eigenvalue weighted by atomic mass is 32.2. The van der Waals surface area contributed by atoms with Crippen molar-refractivity contribution >= 4 is 10.0 Å². The van der Waals surface area contributed by atoms with Gasteiger partial charge in [-0.2, -0.15) is 0 Å². The third-order valence-corrected chi connectivity index (χ3v) is 4.72. The summed E-state index contributed by atoms with van der Waals surface area (Å²) in [4.78, 5) is -0.610. The summed E-state index contributed by atoms with van der Waals surface area (Å²) in [6, 6.07) is 2.19. The van der Waals surface area contributed by atoms with Crippen molar-refractivity contribution in [3.05, 3.63) is 29.3 Å². The summed E-state index contributed by atoms with van der Waals surface area (Å²) in [6.45, 7) is 4.86. The Morgan fingerprint density at radius 2 is 1.90 bits per heavy atom. The van der Waals surface area contributed by atoms with Crippen molar-refractivity contribution in [2.24, 2.45) is 0 Å². The predicted octanol–water partition coefficient (Wildman–Crippen LogP) is 2.10. The van der Waals surface area contributed by atoms with Crippen LogP contribution >= 0.6 is 0 Å². The molecule has 0 saturated carbocycles. The van der Waals surface area contributed by atoms with Gasteiger partial charge in [0, 0.05) is 20.1 Å². The first-order chi connectivity index (χ1) is 9.34. The minimum Gasteiger partial charge on any atom is -0.313 e. The molecule has 0 heterocycles. The summed E-state index contributed by atoms with van der Waals surface area (Å²) in [7, 11) is -2.66. The van der Waals surface area contributed by atoms with Crippen LogP contribution in [0.1, 0.15) is 25.8 Å². The quantitative estimate of drug-likeness (QED) is 0.839. The first kappa shape index (κ1) is 17.0. The van der Waals surface area contributed by atoms with E-state index in [1.54, 1.807) is 0 Å². The van der Waals surface area contributed by atoms with Crippen LogP contribution in [-0.2, 0) is 16.6 Å². The van der Waals surface area contributed by atoms with Crippen LogP contribution in [0.5, 0.6) is 0 Å². The van der Waals surface area contributed by atoms with Gasteiger partial charge in [-0.1, -0.05) is 13.8 Å². The fourth-order valence-electron chi connectivity index (χ4n) is 1.78. The minimum atomic E-state index is -4.01. The molecule has 0 aliphatic carbocycles. The van der Waals surface area contributed by atoms with Gasteiger partial charge in [0.15, 0.2) is 11.6 Å². The summed E-state index contributed by atoms with van der Waals surface area (Å²) in [5.41, 5.74) is 0.397. The fraction of sp³-hybridized carbons (Fsp3) is 0.538. The first-order valence-corrected chi connectivity index (χ1v) is 7.93. The fourth-order valence-corrected chi connectivity index (χ4v) is 3.16. The van der Waals surface area contributed by atoms with Crippen molar-refractivity contribution in [1.82, 2.24) is 9.62 Å². The second-order valence-corrected chi connectivity index (χ2v) is 6.51. The van der Waals surface area contributed by atoms with Gasteiger partial charge >= 0.3 is 0 Å². The van der Waals surface area contributed by atoms with Crippen molar-refractivity contribution in [1.29, 1.82) is 0 Å². The highest BCUT2D eigenvalue weighted by Gasteiger charge is 2.26. The van der Waals surface area contributed by atoms with E-state index in [-0.39, 0.29) is 13.1 Å². The molecule has 0 fully saturated rings. The first-order valence-electron chi connectivity index (χ1n) is 6.49. The zero-order valence-corrected chi connectivity index (χ0v) is 12.7. The maximum atomic E-state index is 13.8. The molecule has 114 valence electrons. The van der Waals surface area contributed by atoms with Gasteiger partial charge in [-0.3, -0.25) is 0 Å². The van der Waals surface area contributed by atoms with E-state index < -0.39 is 26.6 Å². The number of nitrogens with one attached hydrogen (secondary N) is 1. The lowest BCUT2D eigenvalue weighted by Gasteiger charge is -2.17. The van der Waals surface area contributed by atoms with E-state index in [9.17, 15) is 17.2 Å². The van der Waals surface area contributed by atoms with E-state index in [0.29, 0.717) is 18.5 Å². The molecule has 0 atom stereocenters. The van der Waals surface area contributed by atoms with E-state index in [0.717, 1.165) is 10.4 Å². The van der Waals surface area contributed by atoms with Gasteiger partial charge in [-0.15, -0.1) is 0 Å². The molecular weight excluding hydrogens is 286 g/mol. The lowest BCUT2D eigenvalue weighted by atomic mass is 10.2. The van der Waals surface area contributed by atoms with Crippen LogP contribution < -0.4 is 5.32 Å². The standard InChI is InChI=1S/C13H20F2N2O2S/c1-4-6-17(3)20(18,19)12-8-10(9-16-5-2)7-11(14)13(12)15/h7-8,16H,4-6,9H2,1-3H3. The zero-order chi connectivity index (χ0) is 15.3. The summed E-state index contributed by atoms with van der Waals surface area (Å²) < 4.78 is 52.8. The number of rotatable bonds is 7. The SMILES string of the molecule is CCCN(C)S(=O)(=O)c1cc(CNCC)cc(F)c1F. The Hall–Kier alpha value is -1.05. The summed E-state index contributed by atoms with van der Waals surface area (Å²) in [5, 5.41) is 2.95. The second kappa shape index (κ2) is 7.10. The number of sulfonamides is 1. The van der Waals surface area contributed by atoms with Gasteiger partial charge in [-0.05, 0) is 30.7 Å². The Balaban J connectivity index is 3.25. The molecular formula is C13H20F2N2O2S. The number of halogens is 2. The maximum Gasteiger partial charge on any atom is 0.245 e. The third kappa shape index (κ3) is 3.74. The zero-order valence-electron chi connectivity index (χ0n) is 11.9. The van der Waals surface area contributed by atoms with E-state index in [2.05, 4.69) is 5.32 Å². The molecule has 1 N–H and O–H groups in total. The van der Waals surface area contributed by atoms with E-state index >= 15 is 0 Å². The van der Waals surface area contributed by atoms with E-state index in [1.165, 1.54) is 13.1 Å². The average Bonchev–Trinajstić information content (AvgIpc) is 2.39. The van der Waals surface area contributed by atoms with Crippen LogP contribution in [0.25, 0.3) is 0 Å². The van der Waals surface area contributed by atoms with Gasteiger partial charge in [-0.25, -0.2) is 21.5 Å². The van der Waals surface area contributed by atoms with Gasteiger partial charge < -0.3 is 5.32 Å². The van der Waals surface area contributed by atoms with Gasteiger partial charge in [0.25, 0.3) is 0 Å². The smallest absolute Gasteiger partial charge is 0.245 e. The van der Waals surface area contributed by atoms with Crippen molar-refractivity contribution in [3.8, 4) is 0 Å². The molecule has 1 aromatic rings.